The second kappa shape index (κ2) is 5.88. The molecule has 0 unspecified atom stereocenters. The topological polar surface area (TPSA) is 55.0 Å². The first-order chi connectivity index (χ1) is 10.6. The Morgan fingerprint density at radius 2 is 2.14 bits per heavy atom. The molecule has 0 atom stereocenters. The normalized spacial score (nSPS) is 10.9. The van der Waals surface area contributed by atoms with Crippen molar-refractivity contribution < 1.29 is 13.9 Å². The van der Waals surface area contributed by atoms with Gasteiger partial charge in [-0.2, -0.15) is 0 Å². The van der Waals surface area contributed by atoms with Crippen molar-refractivity contribution in [1.29, 1.82) is 0 Å². The second-order valence-corrected chi connectivity index (χ2v) is 5.49. The lowest BCUT2D eigenvalue weighted by Crippen LogP contribution is -2.04. The number of nitrogens with one attached hydrogen (secondary N) is 1. The van der Waals surface area contributed by atoms with Crippen LogP contribution < -0.4 is 0 Å². The van der Waals surface area contributed by atoms with E-state index < -0.39 is 5.97 Å². The number of ether oxygens (including phenoxy) is 1. The van der Waals surface area contributed by atoms with E-state index in [4.69, 9.17) is 4.74 Å². The van der Waals surface area contributed by atoms with Crippen LogP contribution in [-0.4, -0.2) is 22.5 Å². The van der Waals surface area contributed by atoms with Gasteiger partial charge >= 0.3 is 5.97 Å². The molecule has 112 valence electrons. The first kappa shape index (κ1) is 14.7. The third-order valence-corrected chi connectivity index (χ3v) is 3.78. The van der Waals surface area contributed by atoms with Crippen molar-refractivity contribution in [1.82, 2.24) is 9.97 Å². The summed E-state index contributed by atoms with van der Waals surface area (Å²) in [6.07, 6.45) is 0. The van der Waals surface area contributed by atoms with Crippen LogP contribution >= 0.6 is 15.9 Å². The van der Waals surface area contributed by atoms with Gasteiger partial charge < -0.3 is 9.72 Å². The van der Waals surface area contributed by atoms with Crippen LogP contribution in [0.5, 0.6) is 0 Å². The van der Waals surface area contributed by atoms with Gasteiger partial charge in [0, 0.05) is 4.47 Å². The van der Waals surface area contributed by atoms with E-state index in [0.29, 0.717) is 39.1 Å². The van der Waals surface area contributed by atoms with Crippen molar-refractivity contribution in [2.24, 2.45) is 0 Å². The third kappa shape index (κ3) is 2.62. The number of rotatable bonds is 3. The van der Waals surface area contributed by atoms with Crippen molar-refractivity contribution >= 4 is 32.9 Å². The Bertz CT molecular complexity index is 860. The summed E-state index contributed by atoms with van der Waals surface area (Å²) in [4.78, 5) is 19.3. The average molecular weight is 363 g/mol. The molecule has 2 aromatic carbocycles. The Labute approximate surface area is 134 Å². The number of hydrogen-bond donors (Lipinski definition) is 1. The summed E-state index contributed by atoms with van der Waals surface area (Å²) in [6.45, 7) is 2.05. The van der Waals surface area contributed by atoms with E-state index >= 15 is 0 Å². The highest BCUT2D eigenvalue weighted by Gasteiger charge is 2.15. The number of imidazole rings is 1. The molecule has 0 fully saturated rings. The van der Waals surface area contributed by atoms with Gasteiger partial charge in [0.25, 0.3) is 0 Å². The molecule has 1 aromatic heterocycles. The highest BCUT2D eigenvalue weighted by Crippen LogP contribution is 2.28. The predicted molar refractivity (Wildman–Crippen MR) is 85.1 cm³/mol. The highest BCUT2D eigenvalue weighted by molar-refractivity contribution is 9.10. The minimum Gasteiger partial charge on any atom is -0.462 e. The number of carbonyl (C=O) groups excluding carboxylic acids is 1. The molecule has 1 N–H and O–H groups in total. The van der Waals surface area contributed by atoms with Gasteiger partial charge in [-0.3, -0.25) is 0 Å². The molecule has 0 saturated carbocycles. The molecular formula is C16H12BrFN2O2. The second-order valence-electron chi connectivity index (χ2n) is 4.64. The van der Waals surface area contributed by atoms with Crippen molar-refractivity contribution in [3.8, 4) is 11.4 Å². The maximum atomic E-state index is 13.9. The number of H-pyrrole nitrogens is 1. The Morgan fingerprint density at radius 3 is 2.86 bits per heavy atom. The molecule has 0 amide bonds. The van der Waals surface area contributed by atoms with E-state index in [9.17, 15) is 9.18 Å². The van der Waals surface area contributed by atoms with Gasteiger partial charge in [0.15, 0.2) is 0 Å². The molecular weight excluding hydrogens is 351 g/mol. The first-order valence-electron chi connectivity index (χ1n) is 6.71. The summed E-state index contributed by atoms with van der Waals surface area (Å²) in [5, 5.41) is 0. The Morgan fingerprint density at radius 1 is 1.36 bits per heavy atom. The fourth-order valence-corrected chi connectivity index (χ4v) is 2.74. The summed E-state index contributed by atoms with van der Waals surface area (Å²) < 4.78 is 19.5. The van der Waals surface area contributed by atoms with Gasteiger partial charge in [-0.1, -0.05) is 12.1 Å². The molecule has 0 aliphatic rings. The molecule has 0 aliphatic carbocycles. The van der Waals surface area contributed by atoms with Crippen LogP contribution in [0.3, 0.4) is 0 Å². The van der Waals surface area contributed by atoms with Gasteiger partial charge in [-0.25, -0.2) is 14.2 Å². The number of aromatic amines is 1. The van der Waals surface area contributed by atoms with Crippen molar-refractivity contribution in [2.75, 3.05) is 6.61 Å². The summed E-state index contributed by atoms with van der Waals surface area (Å²) >= 11 is 3.39. The van der Waals surface area contributed by atoms with E-state index in [0.717, 1.165) is 0 Å². The molecule has 0 radical (unpaired) electrons. The molecule has 22 heavy (non-hydrogen) atoms. The van der Waals surface area contributed by atoms with E-state index in [1.807, 2.05) is 0 Å². The quantitative estimate of drug-likeness (QED) is 0.706. The lowest BCUT2D eigenvalue weighted by atomic mass is 10.2. The van der Waals surface area contributed by atoms with Crippen LogP contribution in [0.1, 0.15) is 17.3 Å². The minimum absolute atomic E-state index is 0.304. The van der Waals surface area contributed by atoms with Crippen molar-refractivity contribution in [2.45, 2.75) is 6.92 Å². The van der Waals surface area contributed by atoms with E-state index in [2.05, 4.69) is 25.9 Å². The standard InChI is InChI=1S/C16H12BrFN2O2/c1-2-22-16(21)9-7-11(17)14-13(8-9)19-15(20-14)10-5-3-4-6-12(10)18/h3-8H,2H2,1H3,(H,19,20). The first-order valence-corrected chi connectivity index (χ1v) is 7.50. The van der Waals surface area contributed by atoms with Crippen molar-refractivity contribution in [3.63, 3.8) is 0 Å². The van der Waals surface area contributed by atoms with Gasteiger partial charge in [-0.05, 0) is 47.1 Å². The van der Waals surface area contributed by atoms with E-state index in [1.165, 1.54) is 6.07 Å². The number of hydrogen-bond acceptors (Lipinski definition) is 3. The molecule has 6 heteroatoms. The summed E-state index contributed by atoms with van der Waals surface area (Å²) in [5.41, 5.74) is 2.05. The van der Waals surface area contributed by atoms with Crippen LogP contribution in [0.25, 0.3) is 22.4 Å². The Kier molecular flexibility index (Phi) is 3.94. The number of aromatic nitrogens is 2. The van der Waals surface area contributed by atoms with Crippen LogP contribution in [0.4, 0.5) is 4.39 Å². The van der Waals surface area contributed by atoms with Crippen molar-refractivity contribution in [3.05, 3.63) is 52.3 Å². The fourth-order valence-electron chi connectivity index (χ4n) is 2.19. The zero-order valence-electron chi connectivity index (χ0n) is 11.7. The smallest absolute Gasteiger partial charge is 0.338 e. The molecule has 3 aromatic rings. The SMILES string of the molecule is CCOC(=O)c1cc(Br)c2nc(-c3ccccc3F)[nH]c2c1. The minimum atomic E-state index is -0.410. The molecule has 0 aliphatic heterocycles. The molecule has 4 nitrogen and oxygen atoms in total. The zero-order valence-corrected chi connectivity index (χ0v) is 13.3. The molecule has 0 spiro atoms. The number of benzene rings is 2. The van der Waals surface area contributed by atoms with Crippen LogP contribution in [0.15, 0.2) is 40.9 Å². The number of esters is 1. The summed E-state index contributed by atoms with van der Waals surface area (Å²) in [6, 6.07) is 9.68. The van der Waals surface area contributed by atoms with E-state index in [1.54, 1.807) is 37.3 Å². The third-order valence-electron chi connectivity index (χ3n) is 3.18. The van der Waals surface area contributed by atoms with Crippen LogP contribution in [0.2, 0.25) is 0 Å². The maximum Gasteiger partial charge on any atom is 0.338 e. The zero-order chi connectivity index (χ0) is 15.7. The van der Waals surface area contributed by atoms with Gasteiger partial charge in [0.05, 0.1) is 23.3 Å². The lowest BCUT2D eigenvalue weighted by Gasteiger charge is -2.02. The summed E-state index contributed by atoms with van der Waals surface area (Å²) in [5.74, 6) is -0.356. The molecule has 0 bridgehead atoms. The molecule has 3 rings (SSSR count). The largest absolute Gasteiger partial charge is 0.462 e. The maximum absolute atomic E-state index is 13.9. The number of halogens is 2. The van der Waals surface area contributed by atoms with E-state index in [-0.39, 0.29) is 5.82 Å². The van der Waals surface area contributed by atoms with Crippen LogP contribution in [-0.2, 0) is 4.74 Å². The monoisotopic (exact) mass is 362 g/mol. The lowest BCUT2D eigenvalue weighted by molar-refractivity contribution is 0.0526. The number of nitrogens with zero attached hydrogens (tertiary/aromatic N) is 1. The molecule has 1 heterocycles. The van der Waals surface area contributed by atoms with Gasteiger partial charge in [0.2, 0.25) is 0 Å². The average Bonchev–Trinajstić information content (AvgIpc) is 2.92. The highest BCUT2D eigenvalue weighted by atomic mass is 79.9. The Hall–Kier alpha value is -2.21. The van der Waals surface area contributed by atoms with Gasteiger partial charge in [0.1, 0.15) is 17.2 Å². The summed E-state index contributed by atoms with van der Waals surface area (Å²) in [7, 11) is 0. The van der Waals surface area contributed by atoms with Gasteiger partial charge in [-0.15, -0.1) is 0 Å². The Balaban J connectivity index is 2.12. The fraction of sp³-hybridized carbons (Fsp3) is 0.125. The number of carbonyl (C=O) groups is 1. The predicted octanol–water partition coefficient (Wildman–Crippen LogP) is 4.31. The molecule has 0 saturated heterocycles. The number of fused-ring (bicyclic) bond motifs is 1. The van der Waals surface area contributed by atoms with Crippen LogP contribution in [0, 0.1) is 5.82 Å².